The van der Waals surface area contributed by atoms with Crippen molar-refractivity contribution in [3.8, 4) is 5.69 Å². The van der Waals surface area contributed by atoms with Gasteiger partial charge in [-0.1, -0.05) is 25.1 Å². The van der Waals surface area contributed by atoms with Crippen molar-refractivity contribution >= 4 is 30.5 Å². The highest BCUT2D eigenvalue weighted by atomic mass is 16.6. The van der Waals surface area contributed by atoms with Gasteiger partial charge in [0.05, 0.1) is 25.2 Å². The van der Waals surface area contributed by atoms with Crippen LogP contribution in [0.4, 0.5) is 15.3 Å². The molecule has 38 heavy (non-hydrogen) atoms. The first-order chi connectivity index (χ1) is 17.8. The van der Waals surface area contributed by atoms with Gasteiger partial charge in [0.2, 0.25) is 0 Å². The Labute approximate surface area is 223 Å². The molecule has 1 heterocycles. The second-order valence-electron chi connectivity index (χ2n) is 10.3. The average Bonchev–Trinajstić information content (AvgIpc) is 3.36. The van der Waals surface area contributed by atoms with E-state index in [4.69, 9.17) is 9.47 Å². The van der Waals surface area contributed by atoms with Gasteiger partial charge in [0, 0.05) is 31.0 Å². The van der Waals surface area contributed by atoms with Gasteiger partial charge in [-0.05, 0) is 68.0 Å². The number of ether oxygens (including phenoxy) is 2. The highest BCUT2D eigenvalue weighted by Gasteiger charge is 2.21. The Bertz CT molecular complexity index is 1260. The number of amides is 2. The zero-order valence-electron chi connectivity index (χ0n) is 22.6. The van der Waals surface area contributed by atoms with Crippen LogP contribution in [-0.4, -0.2) is 63.1 Å². The number of nitrogens with one attached hydrogen (secondary N) is 1. The average molecular weight is 522 g/mol. The number of aryl methyl sites for hydroxylation is 1. The molecule has 2 amide bonds. The summed E-state index contributed by atoms with van der Waals surface area (Å²) in [4.78, 5) is 30.7. The number of hydrogen-bond acceptors (Lipinski definition) is 7. The predicted molar refractivity (Wildman–Crippen MR) is 146 cm³/mol. The topological polar surface area (TPSA) is 126 Å². The van der Waals surface area contributed by atoms with Gasteiger partial charge in [-0.3, -0.25) is 5.32 Å². The molecule has 0 spiro atoms. The smallest absolute Gasteiger partial charge is 0.449 e. The minimum atomic E-state index is -1.53. The summed E-state index contributed by atoms with van der Waals surface area (Å²) in [5, 5.41) is 21.5. The molecular weight excluding hydrogens is 487 g/mol. The lowest BCUT2D eigenvalue weighted by Crippen LogP contribution is -2.34. The standard InChI is InChI=1S/C27H35BN4O6/c1-18-13-21(28(35)36)7-9-23(18)19(2)16-37-25(33)30-22-8-10-24(32-12-11-29-17-32)20(14-22)15-31(6)26(34)38-27(3,4)5/h7-14,17,19,35-36H,15-16H2,1-6H3,(H,30,33)/t19-/m0/s1. The molecule has 11 heteroatoms. The maximum absolute atomic E-state index is 12.6. The fourth-order valence-electron chi connectivity index (χ4n) is 3.96. The molecule has 0 saturated carbocycles. The molecule has 0 aliphatic carbocycles. The fourth-order valence-corrected chi connectivity index (χ4v) is 3.96. The van der Waals surface area contributed by atoms with E-state index in [0.29, 0.717) is 11.2 Å². The Kier molecular flexibility index (Phi) is 9.19. The van der Waals surface area contributed by atoms with Crippen LogP contribution < -0.4 is 10.8 Å². The van der Waals surface area contributed by atoms with Gasteiger partial charge in [0.15, 0.2) is 0 Å². The Morgan fingerprint density at radius 1 is 1.18 bits per heavy atom. The lowest BCUT2D eigenvalue weighted by Gasteiger charge is -2.25. The van der Waals surface area contributed by atoms with E-state index in [1.165, 1.54) is 4.90 Å². The molecule has 3 aromatic rings. The zero-order chi connectivity index (χ0) is 28.0. The summed E-state index contributed by atoms with van der Waals surface area (Å²) in [6.07, 6.45) is 4.04. The van der Waals surface area contributed by atoms with E-state index in [1.807, 2.05) is 45.3 Å². The lowest BCUT2D eigenvalue weighted by atomic mass is 9.78. The van der Waals surface area contributed by atoms with Crippen LogP contribution in [0.3, 0.4) is 0 Å². The molecule has 1 aromatic heterocycles. The van der Waals surface area contributed by atoms with Crippen molar-refractivity contribution in [2.24, 2.45) is 0 Å². The number of benzene rings is 2. The monoisotopic (exact) mass is 522 g/mol. The number of carbonyl (C=O) groups is 2. The highest BCUT2D eigenvalue weighted by molar-refractivity contribution is 6.58. The SMILES string of the molecule is Cc1cc(B(O)O)ccc1[C@@H](C)COC(=O)Nc1ccc(-n2ccnc2)c(CN(C)C(=O)OC(C)(C)C)c1. The van der Waals surface area contributed by atoms with E-state index in [0.717, 1.165) is 22.4 Å². The van der Waals surface area contributed by atoms with Gasteiger partial charge in [0.25, 0.3) is 0 Å². The van der Waals surface area contributed by atoms with Crippen molar-refractivity contribution < 1.29 is 29.1 Å². The third-order valence-corrected chi connectivity index (χ3v) is 5.81. The molecule has 3 rings (SSSR count). The quantitative estimate of drug-likeness (QED) is 0.386. The summed E-state index contributed by atoms with van der Waals surface area (Å²) in [7, 11) is 0.117. The normalized spacial score (nSPS) is 12.0. The third-order valence-electron chi connectivity index (χ3n) is 5.81. The van der Waals surface area contributed by atoms with Crippen molar-refractivity contribution in [1.82, 2.24) is 14.5 Å². The summed E-state index contributed by atoms with van der Waals surface area (Å²) in [5.41, 5.74) is 3.69. The molecular formula is C27H35BN4O6. The number of imidazole rings is 1. The summed E-state index contributed by atoms with van der Waals surface area (Å²) >= 11 is 0. The maximum atomic E-state index is 12.6. The Morgan fingerprint density at radius 2 is 1.92 bits per heavy atom. The number of hydrogen-bond donors (Lipinski definition) is 3. The molecule has 0 aliphatic heterocycles. The van der Waals surface area contributed by atoms with Crippen LogP contribution in [0.25, 0.3) is 5.69 Å². The molecule has 202 valence electrons. The van der Waals surface area contributed by atoms with Crippen molar-refractivity contribution in [2.45, 2.75) is 52.7 Å². The summed E-state index contributed by atoms with van der Waals surface area (Å²) < 4.78 is 12.8. The molecule has 0 radical (unpaired) electrons. The van der Waals surface area contributed by atoms with Crippen molar-refractivity contribution in [2.75, 3.05) is 19.0 Å². The summed E-state index contributed by atoms with van der Waals surface area (Å²) in [5.74, 6) is -0.104. The molecule has 3 N–H and O–H groups in total. The Morgan fingerprint density at radius 3 is 2.53 bits per heavy atom. The number of anilines is 1. The van der Waals surface area contributed by atoms with Gasteiger partial charge < -0.3 is 29.0 Å². The summed E-state index contributed by atoms with van der Waals surface area (Å²) in [6.45, 7) is 9.59. The number of carbonyl (C=O) groups excluding carboxylic acids is 2. The highest BCUT2D eigenvalue weighted by Crippen LogP contribution is 2.23. The van der Waals surface area contributed by atoms with Gasteiger partial charge in [-0.2, -0.15) is 0 Å². The van der Waals surface area contributed by atoms with E-state index in [2.05, 4.69) is 10.3 Å². The first-order valence-corrected chi connectivity index (χ1v) is 12.3. The van der Waals surface area contributed by atoms with E-state index in [9.17, 15) is 19.6 Å². The van der Waals surface area contributed by atoms with Crippen LogP contribution >= 0.6 is 0 Å². The van der Waals surface area contributed by atoms with Crippen LogP contribution in [0.1, 0.15) is 50.3 Å². The molecule has 0 bridgehead atoms. The van der Waals surface area contributed by atoms with Crippen LogP contribution in [-0.2, 0) is 16.0 Å². The van der Waals surface area contributed by atoms with Crippen LogP contribution in [0.5, 0.6) is 0 Å². The van der Waals surface area contributed by atoms with Gasteiger partial charge >= 0.3 is 19.3 Å². The Balaban J connectivity index is 1.69. The molecule has 10 nitrogen and oxygen atoms in total. The maximum Gasteiger partial charge on any atom is 0.488 e. The van der Waals surface area contributed by atoms with Crippen LogP contribution in [0, 0.1) is 6.92 Å². The number of nitrogens with zero attached hydrogens (tertiary/aromatic N) is 3. The van der Waals surface area contributed by atoms with Crippen molar-refractivity contribution in [3.63, 3.8) is 0 Å². The third kappa shape index (κ3) is 7.84. The van der Waals surface area contributed by atoms with Gasteiger partial charge in [-0.15, -0.1) is 0 Å². The lowest BCUT2D eigenvalue weighted by molar-refractivity contribution is 0.0285. The molecule has 0 saturated heterocycles. The van der Waals surface area contributed by atoms with Crippen molar-refractivity contribution in [3.05, 3.63) is 71.8 Å². The van der Waals surface area contributed by atoms with E-state index in [-0.39, 0.29) is 19.1 Å². The predicted octanol–water partition coefficient (Wildman–Crippen LogP) is 3.58. The van der Waals surface area contributed by atoms with Gasteiger partial charge in [-0.25, -0.2) is 14.6 Å². The fraction of sp³-hybridized carbons (Fsp3) is 0.370. The van der Waals surface area contributed by atoms with Gasteiger partial charge in [0.1, 0.15) is 5.60 Å². The van der Waals surface area contributed by atoms with Crippen molar-refractivity contribution in [1.29, 1.82) is 0 Å². The molecule has 1 atom stereocenters. The molecule has 2 aromatic carbocycles. The minimum Gasteiger partial charge on any atom is -0.449 e. The number of aromatic nitrogens is 2. The van der Waals surface area contributed by atoms with Crippen LogP contribution in [0.15, 0.2) is 55.1 Å². The molecule has 0 fully saturated rings. The second kappa shape index (κ2) is 12.1. The minimum absolute atomic E-state index is 0.104. The largest absolute Gasteiger partial charge is 0.488 e. The second-order valence-corrected chi connectivity index (χ2v) is 10.3. The van der Waals surface area contributed by atoms with E-state index in [1.54, 1.807) is 56.1 Å². The van der Waals surface area contributed by atoms with Crippen LogP contribution in [0.2, 0.25) is 0 Å². The zero-order valence-corrected chi connectivity index (χ0v) is 22.6. The summed E-state index contributed by atoms with van der Waals surface area (Å²) in [6, 6.07) is 10.5. The first kappa shape index (κ1) is 28.7. The number of rotatable bonds is 8. The van der Waals surface area contributed by atoms with E-state index < -0.39 is 24.9 Å². The Hall–Kier alpha value is -3.83. The van der Waals surface area contributed by atoms with E-state index >= 15 is 0 Å². The first-order valence-electron chi connectivity index (χ1n) is 12.3. The molecule has 0 unspecified atom stereocenters. The molecule has 0 aliphatic rings.